The highest BCUT2D eigenvalue weighted by molar-refractivity contribution is 6.22. The Morgan fingerprint density at radius 3 is 2.27 bits per heavy atom. The fourth-order valence-corrected chi connectivity index (χ4v) is 5.06. The number of hydrogen-bond donors (Lipinski definition) is 0. The van der Waals surface area contributed by atoms with Crippen molar-refractivity contribution in [2.75, 3.05) is 4.90 Å². The minimum absolute atomic E-state index is 0.120. The van der Waals surface area contributed by atoms with E-state index in [2.05, 4.69) is 12.2 Å². The molecule has 152 valence electrons. The van der Waals surface area contributed by atoms with Crippen LogP contribution in [0.1, 0.15) is 29.3 Å². The number of ether oxygens (including phenoxy) is 1. The van der Waals surface area contributed by atoms with E-state index in [-0.39, 0.29) is 41.3 Å². The number of carbonyl (C=O) groups excluding carboxylic acids is 3. The Balaban J connectivity index is 1.35. The van der Waals surface area contributed by atoms with E-state index in [1.165, 1.54) is 4.90 Å². The number of carbonyl (C=O) groups is 3. The van der Waals surface area contributed by atoms with Gasteiger partial charge in [-0.25, -0.2) is 4.90 Å². The molecule has 5 nitrogen and oxygen atoms in total. The predicted octanol–water partition coefficient (Wildman–Crippen LogP) is 3.96. The maximum absolute atomic E-state index is 13.0. The van der Waals surface area contributed by atoms with Crippen LogP contribution in [0.15, 0.2) is 60.7 Å². The Labute approximate surface area is 175 Å². The number of nitrogens with zero attached hydrogens (tertiary/aromatic N) is 1. The smallest absolute Gasteiger partial charge is 0.238 e. The van der Waals surface area contributed by atoms with Crippen LogP contribution in [0.25, 0.3) is 0 Å². The van der Waals surface area contributed by atoms with Crippen molar-refractivity contribution >= 4 is 23.3 Å². The topological polar surface area (TPSA) is 63.7 Å². The van der Waals surface area contributed by atoms with Crippen LogP contribution in [0.5, 0.6) is 5.75 Å². The fraction of sp³-hybridized carbons (Fsp3) is 0.320. The Kier molecular flexibility index (Phi) is 4.35. The summed E-state index contributed by atoms with van der Waals surface area (Å²) in [5, 5.41) is 0. The molecule has 3 aliphatic rings. The van der Waals surface area contributed by atoms with Crippen molar-refractivity contribution in [2.24, 2.45) is 23.7 Å². The number of benzene rings is 2. The van der Waals surface area contributed by atoms with Gasteiger partial charge >= 0.3 is 0 Å². The second-order valence-corrected chi connectivity index (χ2v) is 8.50. The van der Waals surface area contributed by atoms with Crippen LogP contribution in [-0.4, -0.2) is 23.7 Å². The molecule has 0 spiro atoms. The summed E-state index contributed by atoms with van der Waals surface area (Å²) in [7, 11) is 0. The molecule has 30 heavy (non-hydrogen) atoms. The van der Waals surface area contributed by atoms with Gasteiger partial charge in [0.1, 0.15) is 5.75 Å². The van der Waals surface area contributed by atoms with E-state index < -0.39 is 6.10 Å². The molecule has 2 bridgehead atoms. The van der Waals surface area contributed by atoms with Crippen molar-refractivity contribution in [2.45, 2.75) is 26.4 Å². The zero-order valence-corrected chi connectivity index (χ0v) is 16.9. The number of amides is 2. The Hall–Kier alpha value is -3.21. The molecule has 2 aromatic rings. The SMILES string of the molecule is Cc1ccc(C(=O)[C@H](C)Oc2cccc(N3C(=O)C4C5C=CC(C5)C4C3=O)c2)cc1. The number of Topliss-reactive ketones (excluding diaryl/α,β-unsaturated/α-hetero) is 1. The summed E-state index contributed by atoms with van der Waals surface area (Å²) in [5.41, 5.74) is 2.18. The van der Waals surface area contributed by atoms with E-state index in [1.807, 2.05) is 19.1 Å². The molecule has 4 unspecified atom stereocenters. The van der Waals surface area contributed by atoms with Crippen LogP contribution in [0.4, 0.5) is 5.69 Å². The minimum Gasteiger partial charge on any atom is -0.482 e. The highest BCUT2D eigenvalue weighted by Gasteiger charge is 2.59. The number of aryl methyl sites for hydroxylation is 1. The molecule has 1 saturated carbocycles. The molecule has 0 radical (unpaired) electrons. The van der Waals surface area contributed by atoms with Crippen LogP contribution in [0, 0.1) is 30.6 Å². The Morgan fingerprint density at radius 2 is 1.63 bits per heavy atom. The van der Waals surface area contributed by atoms with Crippen LogP contribution < -0.4 is 9.64 Å². The van der Waals surface area contributed by atoms with Crippen molar-refractivity contribution in [3.05, 3.63) is 71.8 Å². The van der Waals surface area contributed by atoms with E-state index in [4.69, 9.17) is 4.74 Å². The third kappa shape index (κ3) is 2.88. The van der Waals surface area contributed by atoms with Gasteiger partial charge in [-0.1, -0.05) is 48.0 Å². The number of anilines is 1. The third-order valence-electron chi connectivity index (χ3n) is 6.56. The normalized spacial score (nSPS) is 27.5. The van der Waals surface area contributed by atoms with Crippen molar-refractivity contribution in [1.82, 2.24) is 0 Å². The lowest BCUT2D eigenvalue weighted by molar-refractivity contribution is -0.123. The highest BCUT2D eigenvalue weighted by atomic mass is 16.5. The lowest BCUT2D eigenvalue weighted by atomic mass is 9.85. The zero-order chi connectivity index (χ0) is 21.0. The van der Waals surface area contributed by atoms with E-state index in [1.54, 1.807) is 43.3 Å². The van der Waals surface area contributed by atoms with Gasteiger partial charge in [-0.3, -0.25) is 14.4 Å². The van der Waals surface area contributed by atoms with Gasteiger partial charge in [0.05, 0.1) is 17.5 Å². The van der Waals surface area contributed by atoms with Gasteiger partial charge in [0.2, 0.25) is 17.6 Å². The quantitative estimate of drug-likeness (QED) is 0.432. The predicted molar refractivity (Wildman–Crippen MR) is 112 cm³/mol. The molecule has 1 saturated heterocycles. The van der Waals surface area contributed by atoms with E-state index in [0.29, 0.717) is 17.0 Å². The van der Waals surface area contributed by atoms with E-state index >= 15 is 0 Å². The summed E-state index contributed by atoms with van der Waals surface area (Å²) in [6, 6.07) is 14.3. The van der Waals surface area contributed by atoms with Crippen LogP contribution in [-0.2, 0) is 9.59 Å². The lowest BCUT2D eigenvalue weighted by Gasteiger charge is -2.19. The van der Waals surface area contributed by atoms with Crippen molar-refractivity contribution in [3.63, 3.8) is 0 Å². The first-order valence-corrected chi connectivity index (χ1v) is 10.4. The van der Waals surface area contributed by atoms with Crippen molar-refractivity contribution < 1.29 is 19.1 Å². The second-order valence-electron chi connectivity index (χ2n) is 8.50. The summed E-state index contributed by atoms with van der Waals surface area (Å²) in [4.78, 5) is 40.0. The maximum atomic E-state index is 13.0. The minimum atomic E-state index is -0.688. The van der Waals surface area contributed by atoms with Gasteiger partial charge in [0.15, 0.2) is 6.10 Å². The molecule has 2 fully saturated rings. The number of imide groups is 1. The third-order valence-corrected chi connectivity index (χ3v) is 6.56. The molecule has 1 aliphatic heterocycles. The molecule has 0 N–H and O–H groups in total. The lowest BCUT2D eigenvalue weighted by Crippen LogP contribution is -2.33. The van der Waals surface area contributed by atoms with Crippen LogP contribution >= 0.6 is 0 Å². The Morgan fingerprint density at radius 1 is 1.00 bits per heavy atom. The molecule has 5 atom stereocenters. The van der Waals surface area contributed by atoms with Gasteiger partial charge in [-0.15, -0.1) is 0 Å². The van der Waals surface area contributed by atoms with Gasteiger partial charge in [-0.2, -0.15) is 0 Å². The standard InChI is InChI=1S/C25H23NO4/c1-14-6-8-16(9-7-14)23(27)15(2)30-20-5-3-4-19(13-20)26-24(28)21-17-10-11-18(12-17)22(21)25(26)29/h3-11,13,15,17-18,21-22H,12H2,1-2H3/t15-,17?,18?,21?,22?/m0/s1. The number of fused-ring (bicyclic) bond motifs is 5. The highest BCUT2D eigenvalue weighted by Crippen LogP contribution is 2.53. The molecule has 2 aromatic carbocycles. The number of ketones is 1. The number of allylic oxidation sites excluding steroid dienone is 2. The molecular weight excluding hydrogens is 378 g/mol. The fourth-order valence-electron chi connectivity index (χ4n) is 5.06. The summed E-state index contributed by atoms with van der Waals surface area (Å²) >= 11 is 0. The van der Waals surface area contributed by atoms with Gasteiger partial charge in [0, 0.05) is 11.6 Å². The van der Waals surface area contributed by atoms with Crippen LogP contribution in [0.3, 0.4) is 0 Å². The van der Waals surface area contributed by atoms with Gasteiger partial charge in [-0.05, 0) is 44.2 Å². The van der Waals surface area contributed by atoms with Gasteiger partial charge in [0.25, 0.3) is 0 Å². The summed E-state index contributed by atoms with van der Waals surface area (Å²) < 4.78 is 5.87. The van der Waals surface area contributed by atoms with Gasteiger partial charge < -0.3 is 4.74 Å². The zero-order valence-electron chi connectivity index (χ0n) is 16.9. The van der Waals surface area contributed by atoms with Crippen LogP contribution in [0.2, 0.25) is 0 Å². The van der Waals surface area contributed by atoms with Crippen molar-refractivity contribution in [1.29, 1.82) is 0 Å². The first-order valence-electron chi connectivity index (χ1n) is 10.4. The number of rotatable bonds is 5. The summed E-state index contributed by atoms with van der Waals surface area (Å²) in [6.07, 6.45) is 4.38. The average molecular weight is 401 g/mol. The van der Waals surface area contributed by atoms with E-state index in [0.717, 1.165) is 12.0 Å². The summed E-state index contributed by atoms with van der Waals surface area (Å²) in [5.74, 6) is -0.0324. The van der Waals surface area contributed by atoms with E-state index in [9.17, 15) is 14.4 Å². The molecule has 1 heterocycles. The molecule has 0 aromatic heterocycles. The number of hydrogen-bond acceptors (Lipinski definition) is 4. The molecule has 2 amide bonds. The Bertz CT molecular complexity index is 1040. The second kappa shape index (κ2) is 6.94. The summed E-state index contributed by atoms with van der Waals surface area (Å²) in [6.45, 7) is 3.67. The molecular formula is C25H23NO4. The molecule has 5 heteroatoms. The van der Waals surface area contributed by atoms with Crippen molar-refractivity contribution in [3.8, 4) is 5.75 Å². The molecule has 5 rings (SSSR count). The maximum Gasteiger partial charge on any atom is 0.238 e. The average Bonchev–Trinajstić information content (AvgIpc) is 3.42. The molecule has 2 aliphatic carbocycles. The first-order chi connectivity index (χ1) is 14.4. The largest absolute Gasteiger partial charge is 0.482 e. The monoisotopic (exact) mass is 401 g/mol. The first kappa shape index (κ1) is 18.8.